The van der Waals surface area contributed by atoms with Crippen molar-refractivity contribution in [3.05, 3.63) is 17.7 Å². The molecule has 0 radical (unpaired) electrons. The Balaban J connectivity index is 2.28. The number of hydrogen-bond donors (Lipinski definition) is 1. The lowest BCUT2D eigenvalue weighted by molar-refractivity contribution is 0.121. The summed E-state index contributed by atoms with van der Waals surface area (Å²) in [5, 5.41) is 3.31. The van der Waals surface area contributed by atoms with Gasteiger partial charge in [-0.2, -0.15) is 0 Å². The molecule has 1 aliphatic rings. The van der Waals surface area contributed by atoms with E-state index in [1.54, 1.807) is 11.8 Å². The van der Waals surface area contributed by atoms with E-state index in [1.807, 2.05) is 19.1 Å². The van der Waals surface area contributed by atoms with Crippen LogP contribution in [0.25, 0.3) is 0 Å². The molecule has 0 unspecified atom stereocenters. The van der Waals surface area contributed by atoms with E-state index in [-0.39, 0.29) is 0 Å². The monoisotopic (exact) mass is 239 g/mol. The first-order valence-electron chi connectivity index (χ1n) is 4.98. The number of rotatable bonds is 1. The summed E-state index contributed by atoms with van der Waals surface area (Å²) >= 11 is 1.75. The van der Waals surface area contributed by atoms with Crippen LogP contribution in [0.2, 0.25) is 0 Å². The van der Waals surface area contributed by atoms with E-state index in [1.165, 1.54) is 7.11 Å². The summed E-state index contributed by atoms with van der Waals surface area (Å²) in [6.45, 7) is 2.87. The fourth-order valence-corrected chi connectivity index (χ4v) is 2.42. The third-order valence-corrected chi connectivity index (χ3v) is 3.37. The highest BCUT2D eigenvalue weighted by Gasteiger charge is 2.14. The average molecular weight is 239 g/mol. The molecule has 5 heteroatoms. The Morgan fingerprint density at radius 1 is 1.50 bits per heavy atom. The van der Waals surface area contributed by atoms with Crippen LogP contribution in [0.5, 0.6) is 5.75 Å². The predicted octanol–water partition coefficient (Wildman–Crippen LogP) is 2.66. The van der Waals surface area contributed by atoms with E-state index in [0.29, 0.717) is 5.75 Å². The normalized spacial score (nSPS) is 13.6. The first kappa shape index (κ1) is 11.1. The minimum Gasteiger partial charge on any atom is -0.437 e. The number of methoxy groups -OCH3 is 1. The van der Waals surface area contributed by atoms with Crippen LogP contribution in [0, 0.1) is 6.92 Å². The predicted molar refractivity (Wildman–Crippen MR) is 63.4 cm³/mol. The number of nitrogens with one attached hydrogen (secondary N) is 1. The van der Waals surface area contributed by atoms with Crippen molar-refractivity contribution < 1.29 is 14.3 Å². The van der Waals surface area contributed by atoms with Crippen LogP contribution < -0.4 is 10.1 Å². The van der Waals surface area contributed by atoms with Gasteiger partial charge in [0.05, 0.1) is 7.11 Å². The fraction of sp³-hybridized carbons (Fsp3) is 0.364. The topological polar surface area (TPSA) is 47.6 Å². The number of fused-ring (bicyclic) bond motifs is 1. The second-order valence-electron chi connectivity index (χ2n) is 3.45. The van der Waals surface area contributed by atoms with E-state index in [2.05, 4.69) is 10.1 Å². The average Bonchev–Trinajstić information content (AvgIpc) is 2.30. The molecule has 1 aliphatic heterocycles. The maximum atomic E-state index is 11.0. The van der Waals surface area contributed by atoms with Crippen LogP contribution >= 0.6 is 11.8 Å². The van der Waals surface area contributed by atoms with Crippen molar-refractivity contribution in [3.8, 4) is 5.75 Å². The van der Waals surface area contributed by atoms with Gasteiger partial charge in [0.25, 0.3) is 0 Å². The molecule has 0 aliphatic carbocycles. The number of thioether (sulfide) groups is 1. The summed E-state index contributed by atoms with van der Waals surface area (Å²) in [4.78, 5) is 12.1. The zero-order chi connectivity index (χ0) is 11.5. The summed E-state index contributed by atoms with van der Waals surface area (Å²) in [6, 6.07) is 3.86. The Morgan fingerprint density at radius 3 is 3.06 bits per heavy atom. The van der Waals surface area contributed by atoms with Gasteiger partial charge >= 0.3 is 6.16 Å². The Morgan fingerprint density at radius 2 is 2.31 bits per heavy atom. The zero-order valence-electron chi connectivity index (χ0n) is 9.20. The van der Waals surface area contributed by atoms with Gasteiger partial charge in [0.15, 0.2) is 0 Å². The fourth-order valence-electron chi connectivity index (χ4n) is 1.52. The van der Waals surface area contributed by atoms with E-state index in [0.717, 1.165) is 28.4 Å². The summed E-state index contributed by atoms with van der Waals surface area (Å²) in [6.07, 6.45) is -0.684. The molecule has 0 saturated heterocycles. The number of carbonyl (C=O) groups is 1. The molecule has 16 heavy (non-hydrogen) atoms. The molecule has 0 amide bonds. The van der Waals surface area contributed by atoms with Gasteiger partial charge in [-0.05, 0) is 24.6 Å². The van der Waals surface area contributed by atoms with Crippen molar-refractivity contribution in [1.29, 1.82) is 0 Å². The summed E-state index contributed by atoms with van der Waals surface area (Å²) in [7, 11) is 1.30. The Hall–Kier alpha value is -1.36. The van der Waals surface area contributed by atoms with Gasteiger partial charge in [0, 0.05) is 22.9 Å². The SMILES string of the molecule is COC(=O)Oc1cc2c(cc1C)NCCS2. The molecule has 0 fully saturated rings. The molecule has 0 spiro atoms. The third-order valence-electron chi connectivity index (χ3n) is 2.31. The molecule has 86 valence electrons. The van der Waals surface area contributed by atoms with Crippen molar-refractivity contribution in [2.45, 2.75) is 11.8 Å². The highest BCUT2D eigenvalue weighted by Crippen LogP contribution is 2.36. The molecule has 0 saturated carbocycles. The molecule has 1 N–H and O–H groups in total. The summed E-state index contributed by atoms with van der Waals surface area (Å²) in [5.74, 6) is 1.58. The molecule has 1 aromatic rings. The van der Waals surface area contributed by atoms with Crippen LogP contribution in [0.3, 0.4) is 0 Å². The van der Waals surface area contributed by atoms with Gasteiger partial charge in [-0.1, -0.05) is 0 Å². The largest absolute Gasteiger partial charge is 0.513 e. The molecular formula is C11H13NO3S. The van der Waals surface area contributed by atoms with E-state index < -0.39 is 6.16 Å². The van der Waals surface area contributed by atoms with Gasteiger partial charge in [-0.25, -0.2) is 4.79 Å². The van der Waals surface area contributed by atoms with Crippen molar-refractivity contribution in [2.24, 2.45) is 0 Å². The van der Waals surface area contributed by atoms with Gasteiger partial charge in [0.1, 0.15) is 5.75 Å². The second-order valence-corrected chi connectivity index (χ2v) is 4.58. The lowest BCUT2D eigenvalue weighted by Gasteiger charge is -2.19. The molecule has 0 atom stereocenters. The van der Waals surface area contributed by atoms with Gasteiger partial charge in [-0.15, -0.1) is 11.8 Å². The van der Waals surface area contributed by atoms with Gasteiger partial charge in [0.2, 0.25) is 0 Å². The molecule has 4 nitrogen and oxygen atoms in total. The maximum Gasteiger partial charge on any atom is 0.513 e. The number of carbonyl (C=O) groups excluding carboxylic acids is 1. The number of benzene rings is 1. The van der Waals surface area contributed by atoms with Crippen molar-refractivity contribution in [1.82, 2.24) is 0 Å². The lowest BCUT2D eigenvalue weighted by Crippen LogP contribution is -2.12. The van der Waals surface area contributed by atoms with Crippen LogP contribution in [0.15, 0.2) is 17.0 Å². The maximum absolute atomic E-state index is 11.0. The molecule has 1 heterocycles. The highest BCUT2D eigenvalue weighted by molar-refractivity contribution is 7.99. The number of hydrogen-bond acceptors (Lipinski definition) is 5. The molecular weight excluding hydrogens is 226 g/mol. The molecule has 2 rings (SSSR count). The van der Waals surface area contributed by atoms with Gasteiger partial charge < -0.3 is 14.8 Å². The summed E-state index contributed by atoms with van der Waals surface area (Å²) in [5.41, 5.74) is 2.02. The van der Waals surface area contributed by atoms with Crippen molar-refractivity contribution >= 4 is 23.6 Å². The highest BCUT2D eigenvalue weighted by atomic mass is 32.2. The second kappa shape index (κ2) is 4.65. The quantitative estimate of drug-likeness (QED) is 0.603. The van der Waals surface area contributed by atoms with Crippen molar-refractivity contribution in [2.75, 3.05) is 24.7 Å². The number of ether oxygens (including phenoxy) is 2. The third kappa shape index (κ3) is 2.24. The molecule has 0 bridgehead atoms. The number of anilines is 1. The Labute approximate surface area is 98.3 Å². The van der Waals surface area contributed by atoms with Crippen LogP contribution in [0.1, 0.15) is 5.56 Å². The van der Waals surface area contributed by atoms with Gasteiger partial charge in [-0.3, -0.25) is 0 Å². The minimum atomic E-state index is -0.684. The lowest BCUT2D eigenvalue weighted by atomic mass is 10.2. The van der Waals surface area contributed by atoms with E-state index in [4.69, 9.17) is 4.74 Å². The summed E-state index contributed by atoms with van der Waals surface area (Å²) < 4.78 is 9.53. The van der Waals surface area contributed by atoms with Crippen LogP contribution in [-0.2, 0) is 4.74 Å². The number of aryl methyl sites for hydroxylation is 1. The van der Waals surface area contributed by atoms with Crippen molar-refractivity contribution in [3.63, 3.8) is 0 Å². The molecule has 1 aromatic carbocycles. The standard InChI is InChI=1S/C11H13NO3S/c1-7-5-8-10(16-4-3-12-8)6-9(7)15-11(13)14-2/h5-6,12H,3-4H2,1-2H3. The Bertz CT molecular complexity index is 420. The van der Waals surface area contributed by atoms with Crippen LogP contribution in [0.4, 0.5) is 10.5 Å². The first-order chi connectivity index (χ1) is 7.70. The Kier molecular flexibility index (Phi) is 3.24. The van der Waals surface area contributed by atoms with E-state index >= 15 is 0 Å². The minimum absolute atomic E-state index is 0.557. The molecule has 0 aromatic heterocycles. The van der Waals surface area contributed by atoms with E-state index in [9.17, 15) is 4.79 Å². The smallest absolute Gasteiger partial charge is 0.437 e. The van der Waals surface area contributed by atoms with Crippen LogP contribution in [-0.4, -0.2) is 25.6 Å². The first-order valence-corrected chi connectivity index (χ1v) is 5.96. The zero-order valence-corrected chi connectivity index (χ0v) is 10.0.